The van der Waals surface area contributed by atoms with Crippen molar-refractivity contribution in [3.05, 3.63) is 91.4 Å². The lowest BCUT2D eigenvalue weighted by Gasteiger charge is -2.24. The van der Waals surface area contributed by atoms with Gasteiger partial charge in [-0.3, -0.25) is 9.36 Å². The number of aromatic nitrogens is 1. The van der Waals surface area contributed by atoms with Gasteiger partial charge in [-0.05, 0) is 107 Å². The lowest BCUT2D eigenvalue weighted by molar-refractivity contribution is -0.145. The zero-order chi connectivity index (χ0) is 28.3. The van der Waals surface area contributed by atoms with E-state index in [0.717, 1.165) is 12.7 Å². The highest BCUT2D eigenvalue weighted by atomic mass is 127. The van der Waals surface area contributed by atoms with E-state index in [1.165, 1.54) is 28.0 Å². The molecule has 0 spiro atoms. The van der Waals surface area contributed by atoms with E-state index in [9.17, 15) is 18.8 Å². The summed E-state index contributed by atoms with van der Waals surface area (Å²) in [5, 5.41) is 0. The number of nitrogens with zero attached hydrogens (tertiary/aromatic N) is 2. The van der Waals surface area contributed by atoms with Gasteiger partial charge in [-0.2, -0.15) is 0 Å². The average molecular weight is 776 g/mol. The van der Waals surface area contributed by atoms with Crippen molar-refractivity contribution in [1.82, 2.24) is 4.57 Å². The number of allylic oxidation sites excluding steroid dienone is 1. The molecule has 3 aromatic rings. The fourth-order valence-corrected chi connectivity index (χ4v) is 7.21. The van der Waals surface area contributed by atoms with Crippen LogP contribution in [-0.4, -0.2) is 36.3 Å². The molecule has 1 aliphatic heterocycles. The molecular weight excluding hydrogens is 753 g/mol. The molecule has 1 aliphatic rings. The number of benzene rings is 2. The van der Waals surface area contributed by atoms with Crippen molar-refractivity contribution in [1.29, 1.82) is 0 Å². The van der Waals surface area contributed by atoms with Crippen molar-refractivity contribution in [2.45, 2.75) is 26.8 Å². The van der Waals surface area contributed by atoms with Crippen LogP contribution in [0.5, 0.6) is 5.75 Å². The summed E-state index contributed by atoms with van der Waals surface area (Å²) in [7, 11) is 0. The Bertz CT molecular complexity index is 1620. The van der Waals surface area contributed by atoms with Gasteiger partial charge < -0.3 is 14.2 Å². The van der Waals surface area contributed by atoms with E-state index < -0.39 is 23.8 Å². The Labute approximate surface area is 254 Å². The molecule has 39 heavy (non-hydrogen) atoms. The summed E-state index contributed by atoms with van der Waals surface area (Å²) in [5.74, 6) is -0.912. The molecule has 1 aromatic heterocycles. The molecular formula is C27H23FI2N2O6S. The Balaban J connectivity index is 1.80. The van der Waals surface area contributed by atoms with E-state index in [1.807, 2.05) is 12.1 Å². The zero-order valence-electron chi connectivity index (χ0n) is 21.1. The van der Waals surface area contributed by atoms with E-state index in [1.54, 1.807) is 39.0 Å². The third kappa shape index (κ3) is 6.43. The highest BCUT2D eigenvalue weighted by molar-refractivity contribution is 14.1. The van der Waals surface area contributed by atoms with Gasteiger partial charge in [0.15, 0.2) is 11.4 Å². The highest BCUT2D eigenvalue weighted by Gasteiger charge is 2.33. The number of thiazole rings is 1. The van der Waals surface area contributed by atoms with Gasteiger partial charge in [0.25, 0.3) is 5.56 Å². The topological polar surface area (TPSA) is 96.2 Å². The number of rotatable bonds is 8. The average Bonchev–Trinajstić information content (AvgIpc) is 3.17. The minimum absolute atomic E-state index is 0.160. The fourth-order valence-electron chi connectivity index (χ4n) is 4.04. The minimum atomic E-state index is -0.818. The molecule has 2 aromatic carbocycles. The second-order valence-electron chi connectivity index (χ2n) is 8.26. The van der Waals surface area contributed by atoms with Crippen LogP contribution in [0.25, 0.3) is 6.08 Å². The standard InChI is InChI=1S/C27H23FI2N2O6S/c1-4-36-21(33)13-38-24-18(29)10-15(11-19(24)30)12-20-25(34)32-23(16-6-8-17(28)9-7-16)22(26(35)37-5-2)14(3)31-27(32)39-20/h6-12,23H,4-5,13H2,1-3H3/b20-12-/t23-/m1/s1. The fraction of sp³-hybridized carbons (Fsp3) is 0.259. The van der Waals surface area contributed by atoms with Crippen LogP contribution in [0.15, 0.2) is 57.5 Å². The van der Waals surface area contributed by atoms with Crippen LogP contribution in [0, 0.1) is 13.0 Å². The van der Waals surface area contributed by atoms with Crippen LogP contribution in [-0.2, 0) is 19.1 Å². The minimum Gasteiger partial charge on any atom is -0.480 e. The Morgan fingerprint density at radius 1 is 1.10 bits per heavy atom. The molecule has 0 amide bonds. The molecule has 0 bridgehead atoms. The molecule has 12 heteroatoms. The molecule has 4 rings (SSSR count). The summed E-state index contributed by atoms with van der Waals surface area (Å²) in [5.41, 5.74) is 1.64. The van der Waals surface area contributed by atoms with Crippen molar-refractivity contribution in [2.75, 3.05) is 19.8 Å². The van der Waals surface area contributed by atoms with Crippen molar-refractivity contribution < 1.29 is 28.2 Å². The van der Waals surface area contributed by atoms with Crippen molar-refractivity contribution in [3.63, 3.8) is 0 Å². The first kappa shape index (κ1) is 29.4. The maximum Gasteiger partial charge on any atom is 0.344 e. The van der Waals surface area contributed by atoms with Gasteiger partial charge in [0.05, 0.1) is 42.2 Å². The summed E-state index contributed by atoms with van der Waals surface area (Å²) >= 11 is 5.42. The Morgan fingerprint density at radius 2 is 1.74 bits per heavy atom. The maximum absolute atomic E-state index is 13.7. The summed E-state index contributed by atoms with van der Waals surface area (Å²) in [6.07, 6.45) is 1.74. The van der Waals surface area contributed by atoms with Gasteiger partial charge >= 0.3 is 11.9 Å². The first-order valence-electron chi connectivity index (χ1n) is 11.9. The van der Waals surface area contributed by atoms with Gasteiger partial charge in [-0.1, -0.05) is 23.5 Å². The first-order valence-corrected chi connectivity index (χ1v) is 14.8. The van der Waals surface area contributed by atoms with Gasteiger partial charge in [-0.15, -0.1) is 0 Å². The monoisotopic (exact) mass is 776 g/mol. The lowest BCUT2D eigenvalue weighted by Crippen LogP contribution is -2.39. The van der Waals surface area contributed by atoms with Gasteiger partial charge in [-0.25, -0.2) is 19.0 Å². The van der Waals surface area contributed by atoms with Crippen molar-refractivity contribution in [3.8, 4) is 5.75 Å². The summed E-state index contributed by atoms with van der Waals surface area (Å²) in [4.78, 5) is 43.3. The number of carbonyl (C=O) groups excluding carboxylic acids is 2. The number of ether oxygens (including phenoxy) is 3. The van der Waals surface area contributed by atoms with Crippen LogP contribution in [0.4, 0.5) is 4.39 Å². The van der Waals surface area contributed by atoms with Gasteiger partial charge in [0.1, 0.15) is 11.6 Å². The quantitative estimate of drug-likeness (QED) is 0.253. The number of hydrogen-bond donors (Lipinski definition) is 0. The Kier molecular flexibility index (Phi) is 9.59. The molecule has 204 valence electrons. The number of esters is 2. The predicted octanol–water partition coefficient (Wildman–Crippen LogP) is 4.09. The van der Waals surface area contributed by atoms with E-state index in [2.05, 4.69) is 50.2 Å². The van der Waals surface area contributed by atoms with Crippen LogP contribution in [0.2, 0.25) is 0 Å². The molecule has 0 radical (unpaired) electrons. The number of carbonyl (C=O) groups is 2. The highest BCUT2D eigenvalue weighted by Crippen LogP contribution is 2.31. The summed E-state index contributed by atoms with van der Waals surface area (Å²) < 4.78 is 32.9. The molecule has 2 heterocycles. The molecule has 0 aliphatic carbocycles. The van der Waals surface area contributed by atoms with Crippen LogP contribution in [0.1, 0.15) is 37.9 Å². The Hall–Kier alpha value is -2.59. The summed E-state index contributed by atoms with van der Waals surface area (Å²) in [6.45, 7) is 5.35. The third-order valence-electron chi connectivity index (χ3n) is 5.66. The molecule has 0 unspecified atom stereocenters. The normalized spacial score (nSPS) is 15.0. The molecule has 0 saturated heterocycles. The second kappa shape index (κ2) is 12.7. The lowest BCUT2D eigenvalue weighted by atomic mass is 9.96. The van der Waals surface area contributed by atoms with Crippen molar-refractivity contribution in [2.24, 2.45) is 4.99 Å². The van der Waals surface area contributed by atoms with Crippen LogP contribution < -0.4 is 19.6 Å². The number of fused-ring (bicyclic) bond motifs is 1. The van der Waals surface area contributed by atoms with Crippen molar-refractivity contribution >= 4 is 74.5 Å². The molecule has 0 saturated carbocycles. The predicted molar refractivity (Wildman–Crippen MR) is 161 cm³/mol. The zero-order valence-corrected chi connectivity index (χ0v) is 26.3. The van der Waals surface area contributed by atoms with Gasteiger partial charge in [0, 0.05) is 0 Å². The molecule has 8 nitrogen and oxygen atoms in total. The summed E-state index contributed by atoms with van der Waals surface area (Å²) in [6, 6.07) is 8.55. The second-order valence-corrected chi connectivity index (χ2v) is 11.6. The molecule has 0 N–H and O–H groups in total. The van der Waals surface area contributed by atoms with Crippen LogP contribution in [0.3, 0.4) is 0 Å². The van der Waals surface area contributed by atoms with Gasteiger partial charge in [0.2, 0.25) is 0 Å². The smallest absolute Gasteiger partial charge is 0.344 e. The Morgan fingerprint density at radius 3 is 2.36 bits per heavy atom. The first-order chi connectivity index (χ1) is 18.6. The SMILES string of the molecule is CCOC(=O)COc1c(I)cc(/C=c2\sc3n(c2=O)[C@H](c2ccc(F)cc2)C(C(=O)OCC)=C(C)N=3)cc1I. The van der Waals surface area contributed by atoms with E-state index in [4.69, 9.17) is 14.2 Å². The van der Waals surface area contributed by atoms with E-state index in [0.29, 0.717) is 26.3 Å². The molecule has 0 fully saturated rings. The van der Waals surface area contributed by atoms with E-state index >= 15 is 0 Å². The third-order valence-corrected chi connectivity index (χ3v) is 8.25. The maximum atomic E-state index is 13.7. The van der Waals surface area contributed by atoms with E-state index in [-0.39, 0.29) is 31.0 Å². The largest absolute Gasteiger partial charge is 0.480 e. The van der Waals surface area contributed by atoms with Crippen LogP contribution >= 0.6 is 56.5 Å². The number of halogens is 3. The molecule has 1 atom stereocenters. The number of hydrogen-bond acceptors (Lipinski definition) is 8.